The molecule has 0 saturated heterocycles. The molecule has 0 fully saturated rings. The van der Waals surface area contributed by atoms with Crippen LogP contribution in [0.2, 0.25) is 0 Å². The molecule has 1 aromatic heterocycles. The maximum absolute atomic E-state index is 12.1. The first-order chi connectivity index (χ1) is 12.1. The van der Waals surface area contributed by atoms with Crippen molar-refractivity contribution in [1.82, 2.24) is 9.99 Å². The van der Waals surface area contributed by atoms with E-state index in [1.165, 1.54) is 0 Å². The van der Waals surface area contributed by atoms with Crippen LogP contribution in [0, 0.1) is 0 Å². The van der Waals surface area contributed by atoms with Crippen LogP contribution >= 0.6 is 15.9 Å². The number of nitrogens with zero attached hydrogens (tertiary/aromatic N) is 3. The Kier molecular flexibility index (Phi) is 4.09. The second-order valence-electron chi connectivity index (χ2n) is 6.09. The number of aromatic nitrogens is 1. The van der Waals surface area contributed by atoms with Gasteiger partial charge in [-0.1, -0.05) is 46.3 Å². The second-order valence-corrected chi connectivity index (χ2v) is 7.01. The minimum atomic E-state index is -0.0949. The van der Waals surface area contributed by atoms with Crippen molar-refractivity contribution in [1.29, 1.82) is 0 Å². The summed E-state index contributed by atoms with van der Waals surface area (Å²) in [6.45, 7) is 1.56. The fourth-order valence-electron chi connectivity index (χ4n) is 3.17. The fourth-order valence-corrected chi connectivity index (χ4v) is 3.43. The van der Waals surface area contributed by atoms with E-state index in [4.69, 9.17) is 0 Å². The number of hydrogen-bond donors (Lipinski definition) is 0. The highest BCUT2D eigenvalue weighted by molar-refractivity contribution is 9.10. The van der Waals surface area contributed by atoms with Gasteiger partial charge in [0.25, 0.3) is 0 Å². The van der Waals surface area contributed by atoms with E-state index < -0.39 is 0 Å². The topological polar surface area (TPSA) is 45.6 Å². The van der Waals surface area contributed by atoms with E-state index in [1.807, 2.05) is 42.5 Å². The molecule has 3 aromatic rings. The van der Waals surface area contributed by atoms with Gasteiger partial charge in [0.2, 0.25) is 5.91 Å². The summed E-state index contributed by atoms with van der Waals surface area (Å²) in [4.78, 5) is 16.5. The summed E-state index contributed by atoms with van der Waals surface area (Å²) in [5.74, 6) is -0.0572. The molecular formula is C20H16BrN3O. The SMILES string of the molecule is CC(=O)N1N=C(c2ccc(Br)cc2)C[C@H]1c1ccc2cccnc2c1. The number of hydrogen-bond acceptors (Lipinski definition) is 3. The highest BCUT2D eigenvalue weighted by Crippen LogP contribution is 2.34. The number of hydrazone groups is 1. The summed E-state index contributed by atoms with van der Waals surface area (Å²) in [5, 5.41) is 7.27. The molecule has 2 heterocycles. The molecule has 4 nitrogen and oxygen atoms in total. The van der Waals surface area contributed by atoms with Gasteiger partial charge in [-0.3, -0.25) is 9.78 Å². The molecule has 0 spiro atoms. The number of benzene rings is 2. The molecule has 0 aliphatic carbocycles. The smallest absolute Gasteiger partial charge is 0.240 e. The van der Waals surface area contributed by atoms with Crippen molar-refractivity contribution in [3.63, 3.8) is 0 Å². The summed E-state index contributed by atoms with van der Waals surface area (Å²) >= 11 is 3.45. The normalized spacial score (nSPS) is 17.0. The molecule has 1 amide bonds. The Labute approximate surface area is 154 Å². The predicted molar refractivity (Wildman–Crippen MR) is 102 cm³/mol. The van der Waals surface area contributed by atoms with Crippen LogP contribution < -0.4 is 0 Å². The van der Waals surface area contributed by atoms with Crippen LogP contribution in [0.15, 0.2) is 70.4 Å². The van der Waals surface area contributed by atoms with Crippen molar-refractivity contribution < 1.29 is 4.79 Å². The molecule has 0 bridgehead atoms. The Morgan fingerprint density at radius 2 is 1.96 bits per heavy atom. The van der Waals surface area contributed by atoms with Gasteiger partial charge in [-0.15, -0.1) is 0 Å². The minimum absolute atomic E-state index is 0.0572. The third kappa shape index (κ3) is 3.07. The Morgan fingerprint density at radius 1 is 1.16 bits per heavy atom. The number of rotatable bonds is 2. The maximum atomic E-state index is 12.1. The van der Waals surface area contributed by atoms with Crippen molar-refractivity contribution >= 4 is 38.5 Å². The second kappa shape index (κ2) is 6.41. The zero-order chi connectivity index (χ0) is 17.4. The molecule has 4 rings (SSSR count). The van der Waals surface area contributed by atoms with Crippen LogP contribution in [0.25, 0.3) is 10.9 Å². The van der Waals surface area contributed by atoms with Gasteiger partial charge in [-0.2, -0.15) is 5.10 Å². The monoisotopic (exact) mass is 393 g/mol. The predicted octanol–water partition coefficient (Wildman–Crippen LogP) is 4.69. The first kappa shape index (κ1) is 16.0. The Balaban J connectivity index is 1.71. The first-order valence-electron chi connectivity index (χ1n) is 8.10. The van der Waals surface area contributed by atoms with Gasteiger partial charge < -0.3 is 0 Å². The van der Waals surface area contributed by atoms with Crippen LogP contribution in [-0.2, 0) is 4.79 Å². The lowest BCUT2D eigenvalue weighted by atomic mass is 9.97. The Hall–Kier alpha value is -2.53. The maximum Gasteiger partial charge on any atom is 0.240 e. The molecule has 0 N–H and O–H groups in total. The van der Waals surface area contributed by atoms with E-state index in [9.17, 15) is 4.79 Å². The molecule has 25 heavy (non-hydrogen) atoms. The molecule has 0 unspecified atom stereocenters. The number of halogens is 1. The molecule has 0 radical (unpaired) electrons. The lowest BCUT2D eigenvalue weighted by molar-refractivity contribution is -0.130. The lowest BCUT2D eigenvalue weighted by Gasteiger charge is -2.20. The fraction of sp³-hybridized carbons (Fsp3) is 0.150. The molecule has 0 saturated carbocycles. The number of pyridine rings is 1. The molecule has 1 aliphatic rings. The van der Waals surface area contributed by atoms with Gasteiger partial charge in [0.15, 0.2) is 0 Å². The molecule has 1 atom stereocenters. The van der Waals surface area contributed by atoms with E-state index in [0.29, 0.717) is 6.42 Å². The zero-order valence-corrected chi connectivity index (χ0v) is 15.3. The van der Waals surface area contributed by atoms with Crippen molar-refractivity contribution in [2.24, 2.45) is 5.10 Å². The van der Waals surface area contributed by atoms with Gasteiger partial charge in [-0.25, -0.2) is 5.01 Å². The summed E-state index contributed by atoms with van der Waals surface area (Å²) in [7, 11) is 0. The van der Waals surface area contributed by atoms with Gasteiger partial charge in [0.05, 0.1) is 17.3 Å². The summed E-state index contributed by atoms with van der Waals surface area (Å²) in [6.07, 6.45) is 2.48. The van der Waals surface area contributed by atoms with Gasteiger partial charge in [0, 0.05) is 29.4 Å². The third-order valence-corrected chi connectivity index (χ3v) is 4.95. The third-order valence-electron chi connectivity index (χ3n) is 4.43. The Morgan fingerprint density at radius 3 is 2.72 bits per heavy atom. The number of carbonyl (C=O) groups is 1. The lowest BCUT2D eigenvalue weighted by Crippen LogP contribution is -2.24. The highest BCUT2D eigenvalue weighted by Gasteiger charge is 2.31. The van der Waals surface area contributed by atoms with Crippen LogP contribution in [-0.4, -0.2) is 21.6 Å². The van der Waals surface area contributed by atoms with Gasteiger partial charge in [-0.05, 0) is 35.4 Å². The van der Waals surface area contributed by atoms with E-state index in [0.717, 1.165) is 32.2 Å². The average Bonchev–Trinajstić information content (AvgIpc) is 3.07. The van der Waals surface area contributed by atoms with Crippen LogP contribution in [0.3, 0.4) is 0 Å². The van der Waals surface area contributed by atoms with E-state index in [1.54, 1.807) is 18.1 Å². The molecule has 2 aromatic carbocycles. The number of fused-ring (bicyclic) bond motifs is 1. The first-order valence-corrected chi connectivity index (χ1v) is 8.89. The molecule has 124 valence electrons. The zero-order valence-electron chi connectivity index (χ0n) is 13.7. The highest BCUT2D eigenvalue weighted by atomic mass is 79.9. The van der Waals surface area contributed by atoms with Gasteiger partial charge in [0.1, 0.15) is 0 Å². The van der Waals surface area contributed by atoms with Crippen LogP contribution in [0.1, 0.15) is 30.5 Å². The molecule has 5 heteroatoms. The standard InChI is InChI=1S/C20H16BrN3O/c1-13(25)24-20(12-19(23-24)15-6-8-17(21)9-7-15)16-5-4-14-3-2-10-22-18(14)11-16/h2-11,20H,12H2,1H3/t20-/m0/s1. The van der Waals surface area contributed by atoms with Crippen LogP contribution in [0.4, 0.5) is 0 Å². The Bertz CT molecular complexity index is 982. The van der Waals surface area contributed by atoms with Crippen molar-refractivity contribution in [2.75, 3.05) is 0 Å². The quantitative estimate of drug-likeness (QED) is 0.633. The van der Waals surface area contributed by atoms with Crippen LogP contribution in [0.5, 0.6) is 0 Å². The number of carbonyl (C=O) groups excluding carboxylic acids is 1. The molecular weight excluding hydrogens is 378 g/mol. The van der Waals surface area contributed by atoms with Crippen molar-refractivity contribution in [2.45, 2.75) is 19.4 Å². The van der Waals surface area contributed by atoms with Gasteiger partial charge >= 0.3 is 0 Å². The van der Waals surface area contributed by atoms with E-state index in [2.05, 4.69) is 38.1 Å². The summed E-state index contributed by atoms with van der Waals surface area (Å²) < 4.78 is 1.02. The minimum Gasteiger partial charge on any atom is -0.273 e. The van der Waals surface area contributed by atoms with Crippen molar-refractivity contribution in [3.05, 3.63) is 76.4 Å². The van der Waals surface area contributed by atoms with Crippen molar-refractivity contribution in [3.8, 4) is 0 Å². The van der Waals surface area contributed by atoms with E-state index in [-0.39, 0.29) is 11.9 Å². The van der Waals surface area contributed by atoms with E-state index >= 15 is 0 Å². The largest absolute Gasteiger partial charge is 0.273 e. The summed E-state index contributed by atoms with van der Waals surface area (Å²) in [5.41, 5.74) is 3.95. The summed E-state index contributed by atoms with van der Waals surface area (Å²) in [6, 6.07) is 18.0. The number of amides is 1. The molecule has 1 aliphatic heterocycles. The average molecular weight is 394 g/mol.